The van der Waals surface area contributed by atoms with E-state index in [4.69, 9.17) is 4.52 Å². The van der Waals surface area contributed by atoms with Gasteiger partial charge >= 0.3 is 0 Å². The molecule has 3 aromatic rings. The fraction of sp³-hybridized carbons (Fsp3) is 0.286. The lowest BCUT2D eigenvalue weighted by Crippen LogP contribution is -2.29. The molecule has 1 fully saturated rings. The first-order chi connectivity index (χ1) is 12.6. The van der Waals surface area contributed by atoms with Crippen LogP contribution >= 0.6 is 0 Å². The monoisotopic (exact) mass is 347 g/mol. The number of hydrogen-bond acceptors (Lipinski definition) is 4. The third-order valence-corrected chi connectivity index (χ3v) is 5.07. The van der Waals surface area contributed by atoms with E-state index >= 15 is 0 Å². The molecule has 1 saturated heterocycles. The van der Waals surface area contributed by atoms with Gasteiger partial charge in [-0.3, -0.25) is 4.79 Å². The van der Waals surface area contributed by atoms with Crippen LogP contribution < -0.4 is 0 Å². The third kappa shape index (κ3) is 3.01. The molecular formula is C21H21N3O2. The Morgan fingerprint density at radius 3 is 2.38 bits per heavy atom. The van der Waals surface area contributed by atoms with Gasteiger partial charge < -0.3 is 9.42 Å². The highest BCUT2D eigenvalue weighted by Crippen LogP contribution is 2.39. The van der Waals surface area contributed by atoms with Gasteiger partial charge in [0.25, 0.3) is 5.91 Å². The van der Waals surface area contributed by atoms with E-state index in [1.807, 2.05) is 61.2 Å². The number of hydrogen-bond donors (Lipinski definition) is 0. The zero-order valence-corrected chi connectivity index (χ0v) is 14.9. The smallest absolute Gasteiger partial charge is 0.254 e. The van der Waals surface area contributed by atoms with Crippen molar-refractivity contribution >= 4 is 5.91 Å². The second-order valence-corrected chi connectivity index (χ2v) is 6.83. The summed E-state index contributed by atoms with van der Waals surface area (Å²) in [7, 11) is 0. The molecule has 1 amide bonds. The molecule has 1 aliphatic rings. The van der Waals surface area contributed by atoms with Crippen molar-refractivity contribution in [3.63, 3.8) is 0 Å². The number of carbonyl (C=O) groups is 1. The fourth-order valence-corrected chi connectivity index (χ4v) is 3.70. The third-order valence-electron chi connectivity index (χ3n) is 5.07. The van der Waals surface area contributed by atoms with E-state index in [9.17, 15) is 4.79 Å². The first-order valence-electron chi connectivity index (χ1n) is 8.83. The molecule has 0 aliphatic carbocycles. The topological polar surface area (TPSA) is 59.2 Å². The van der Waals surface area contributed by atoms with E-state index < -0.39 is 0 Å². The Bertz CT molecular complexity index is 920. The summed E-state index contributed by atoms with van der Waals surface area (Å²) in [5.74, 6) is 1.44. The normalized spacial score (nSPS) is 19.7. The second-order valence-electron chi connectivity index (χ2n) is 6.83. The van der Waals surface area contributed by atoms with Crippen molar-refractivity contribution in [2.24, 2.45) is 0 Å². The number of rotatable bonds is 3. The van der Waals surface area contributed by atoms with Gasteiger partial charge in [0.05, 0.1) is 5.92 Å². The maximum absolute atomic E-state index is 13.1. The summed E-state index contributed by atoms with van der Waals surface area (Å²) < 4.78 is 5.46. The summed E-state index contributed by atoms with van der Waals surface area (Å²) in [5.41, 5.74) is 2.93. The Labute approximate surface area is 152 Å². The van der Waals surface area contributed by atoms with Crippen molar-refractivity contribution < 1.29 is 9.32 Å². The van der Waals surface area contributed by atoms with Crippen molar-refractivity contribution in [1.29, 1.82) is 0 Å². The number of aryl methyl sites for hydroxylation is 2. The summed E-state index contributed by atoms with van der Waals surface area (Å²) in [5, 5.41) is 3.94. The molecule has 26 heavy (non-hydrogen) atoms. The average molecular weight is 347 g/mol. The molecule has 0 N–H and O–H groups in total. The zero-order valence-electron chi connectivity index (χ0n) is 14.9. The lowest BCUT2D eigenvalue weighted by atomic mass is 9.89. The highest BCUT2D eigenvalue weighted by Gasteiger charge is 2.40. The van der Waals surface area contributed by atoms with Gasteiger partial charge in [-0.1, -0.05) is 53.7 Å². The molecule has 1 aliphatic heterocycles. The van der Waals surface area contributed by atoms with Crippen LogP contribution in [-0.4, -0.2) is 34.0 Å². The Hall–Kier alpha value is -2.95. The summed E-state index contributed by atoms with van der Waals surface area (Å²) in [6.45, 7) is 5.00. The summed E-state index contributed by atoms with van der Waals surface area (Å²) in [6, 6.07) is 18.0. The summed E-state index contributed by atoms with van der Waals surface area (Å²) >= 11 is 0. The van der Waals surface area contributed by atoms with Crippen molar-refractivity contribution in [2.45, 2.75) is 25.7 Å². The Kier molecular flexibility index (Phi) is 4.29. The first-order valence-corrected chi connectivity index (χ1v) is 8.83. The number of benzene rings is 2. The number of amides is 1. The lowest BCUT2D eigenvalue weighted by molar-refractivity contribution is 0.0787. The molecule has 1 aromatic heterocycles. The molecule has 2 atom stereocenters. The minimum absolute atomic E-state index is 0.00608. The van der Waals surface area contributed by atoms with Gasteiger partial charge in [0, 0.05) is 24.6 Å². The minimum atomic E-state index is 0.00608. The number of likely N-dealkylation sites (tertiary alicyclic amines) is 1. The predicted molar refractivity (Wildman–Crippen MR) is 98.0 cm³/mol. The molecule has 132 valence electrons. The maximum atomic E-state index is 13.1. The van der Waals surface area contributed by atoms with Crippen molar-refractivity contribution in [2.75, 3.05) is 13.1 Å². The zero-order chi connectivity index (χ0) is 18.1. The largest absolute Gasteiger partial charge is 0.339 e. The van der Waals surface area contributed by atoms with E-state index in [1.165, 1.54) is 5.56 Å². The van der Waals surface area contributed by atoms with Gasteiger partial charge in [-0.2, -0.15) is 4.98 Å². The average Bonchev–Trinajstić information content (AvgIpc) is 3.29. The molecule has 0 bridgehead atoms. The quantitative estimate of drug-likeness (QED) is 0.725. The molecule has 0 spiro atoms. The van der Waals surface area contributed by atoms with Gasteiger partial charge in [0.2, 0.25) is 5.89 Å². The lowest BCUT2D eigenvalue weighted by Gasteiger charge is -2.17. The Morgan fingerprint density at radius 1 is 1.00 bits per heavy atom. The maximum Gasteiger partial charge on any atom is 0.254 e. The van der Waals surface area contributed by atoms with Crippen LogP contribution in [0.4, 0.5) is 0 Å². The predicted octanol–water partition coefficient (Wildman–Crippen LogP) is 3.71. The van der Waals surface area contributed by atoms with Crippen LogP contribution in [0.3, 0.4) is 0 Å². The van der Waals surface area contributed by atoms with E-state index in [2.05, 4.69) is 22.3 Å². The molecule has 4 rings (SSSR count). The Balaban J connectivity index is 1.67. The fourth-order valence-electron chi connectivity index (χ4n) is 3.70. The minimum Gasteiger partial charge on any atom is -0.339 e. The van der Waals surface area contributed by atoms with Crippen LogP contribution in [-0.2, 0) is 0 Å². The van der Waals surface area contributed by atoms with Gasteiger partial charge in [-0.25, -0.2) is 0 Å². The number of carbonyl (C=O) groups excluding carboxylic acids is 1. The molecule has 5 heteroatoms. The summed E-state index contributed by atoms with van der Waals surface area (Å²) in [4.78, 5) is 19.4. The Morgan fingerprint density at radius 2 is 1.69 bits per heavy atom. The standard InChI is InChI=1S/C21H21N3O2/c1-14-8-6-7-11-17(14)21(25)24-12-18(16-9-4-3-5-10-16)19(13-24)20-22-15(2)23-26-20/h3-11,18-19H,12-13H2,1-2H3. The summed E-state index contributed by atoms with van der Waals surface area (Å²) in [6.07, 6.45) is 0. The molecule has 2 aromatic carbocycles. The molecular weight excluding hydrogens is 326 g/mol. The van der Waals surface area contributed by atoms with E-state index in [1.54, 1.807) is 0 Å². The van der Waals surface area contributed by atoms with Gasteiger partial charge in [0.15, 0.2) is 5.82 Å². The second kappa shape index (κ2) is 6.75. The van der Waals surface area contributed by atoms with Crippen LogP contribution in [0.5, 0.6) is 0 Å². The molecule has 5 nitrogen and oxygen atoms in total. The van der Waals surface area contributed by atoms with Crippen LogP contribution in [0, 0.1) is 13.8 Å². The first kappa shape index (κ1) is 16.5. The van der Waals surface area contributed by atoms with E-state index in [0.29, 0.717) is 24.8 Å². The highest BCUT2D eigenvalue weighted by atomic mass is 16.5. The van der Waals surface area contributed by atoms with Crippen molar-refractivity contribution in [3.05, 3.63) is 83.0 Å². The van der Waals surface area contributed by atoms with Crippen LogP contribution in [0.15, 0.2) is 59.1 Å². The van der Waals surface area contributed by atoms with Crippen molar-refractivity contribution in [1.82, 2.24) is 15.0 Å². The van der Waals surface area contributed by atoms with Crippen LogP contribution in [0.2, 0.25) is 0 Å². The van der Waals surface area contributed by atoms with E-state index in [0.717, 1.165) is 11.1 Å². The molecule has 0 saturated carbocycles. The van der Waals surface area contributed by atoms with Gasteiger partial charge in [0.1, 0.15) is 0 Å². The van der Waals surface area contributed by atoms with E-state index in [-0.39, 0.29) is 17.7 Å². The highest BCUT2D eigenvalue weighted by molar-refractivity contribution is 5.96. The molecule has 2 unspecified atom stereocenters. The SMILES string of the molecule is Cc1noc(C2CN(C(=O)c3ccccc3C)CC2c2ccccc2)n1. The van der Waals surface area contributed by atoms with Crippen LogP contribution in [0.1, 0.15) is 45.0 Å². The number of aromatic nitrogens is 2. The molecule has 0 radical (unpaired) electrons. The van der Waals surface area contributed by atoms with Gasteiger partial charge in [-0.05, 0) is 31.0 Å². The van der Waals surface area contributed by atoms with Crippen molar-refractivity contribution in [3.8, 4) is 0 Å². The molecule has 2 heterocycles. The van der Waals surface area contributed by atoms with Crippen LogP contribution in [0.25, 0.3) is 0 Å². The van der Waals surface area contributed by atoms with Gasteiger partial charge in [-0.15, -0.1) is 0 Å². The number of nitrogens with zero attached hydrogens (tertiary/aromatic N) is 3.